The van der Waals surface area contributed by atoms with Gasteiger partial charge in [-0.05, 0) is 65.6 Å². The number of esters is 1. The van der Waals surface area contributed by atoms with Crippen molar-refractivity contribution in [2.45, 2.75) is 71.3 Å². The fourth-order valence-corrected chi connectivity index (χ4v) is 9.84. The number of hydrogen-bond donors (Lipinski definition) is 0. The molecule has 0 aliphatic carbocycles. The third kappa shape index (κ3) is 8.02. The molecule has 3 aromatic carbocycles. The van der Waals surface area contributed by atoms with Crippen LogP contribution in [0.2, 0.25) is 5.04 Å². The molecule has 0 saturated carbocycles. The maximum atomic E-state index is 11.5. The minimum atomic E-state index is -2.45. The van der Waals surface area contributed by atoms with Gasteiger partial charge in [0.2, 0.25) is 0 Å². The van der Waals surface area contributed by atoms with E-state index in [4.69, 9.17) is 9.16 Å². The SMILES string of the molecule is CCOC(=O)/C=C/CCc1ccccc1CCCCCO[Si](c1ccccc1)(c1ccccc1)C(C)(C)C. The molecule has 0 radical (unpaired) electrons. The molecule has 0 fully saturated rings. The molecule has 38 heavy (non-hydrogen) atoms. The van der Waals surface area contributed by atoms with E-state index in [0.29, 0.717) is 6.61 Å². The Bertz CT molecular complexity index is 1090. The lowest BCUT2D eigenvalue weighted by atomic mass is 9.98. The smallest absolute Gasteiger partial charge is 0.330 e. The van der Waals surface area contributed by atoms with Gasteiger partial charge < -0.3 is 9.16 Å². The van der Waals surface area contributed by atoms with Crippen molar-refractivity contribution in [2.75, 3.05) is 13.2 Å². The minimum Gasteiger partial charge on any atom is -0.463 e. The molecule has 0 spiro atoms. The van der Waals surface area contributed by atoms with E-state index >= 15 is 0 Å². The maximum Gasteiger partial charge on any atom is 0.330 e. The van der Waals surface area contributed by atoms with E-state index in [2.05, 4.69) is 106 Å². The zero-order valence-corrected chi connectivity index (χ0v) is 24.6. The third-order valence-corrected chi connectivity index (χ3v) is 12.1. The Kier molecular flexibility index (Phi) is 11.6. The van der Waals surface area contributed by atoms with Crippen molar-refractivity contribution in [1.29, 1.82) is 0 Å². The monoisotopic (exact) mass is 528 g/mol. The van der Waals surface area contributed by atoms with Crippen molar-refractivity contribution < 1.29 is 14.0 Å². The molecule has 4 heteroatoms. The van der Waals surface area contributed by atoms with Gasteiger partial charge in [-0.1, -0.05) is 118 Å². The number of hydrogen-bond acceptors (Lipinski definition) is 3. The molecule has 0 aliphatic heterocycles. The number of carbonyl (C=O) groups is 1. The number of allylic oxidation sites excluding steroid dienone is 1. The predicted molar refractivity (Wildman–Crippen MR) is 162 cm³/mol. The molecule has 0 aromatic heterocycles. The lowest BCUT2D eigenvalue weighted by molar-refractivity contribution is -0.137. The molecule has 0 heterocycles. The molecular weight excluding hydrogens is 484 g/mol. The Morgan fingerprint density at radius 2 is 1.32 bits per heavy atom. The van der Waals surface area contributed by atoms with Crippen LogP contribution in [0.25, 0.3) is 0 Å². The summed E-state index contributed by atoms with van der Waals surface area (Å²) in [6, 6.07) is 30.4. The first-order valence-corrected chi connectivity index (χ1v) is 15.9. The van der Waals surface area contributed by atoms with Crippen LogP contribution in [0, 0.1) is 0 Å². The first kappa shape index (κ1) is 29.6. The molecule has 3 nitrogen and oxygen atoms in total. The highest BCUT2D eigenvalue weighted by atomic mass is 28.4. The van der Waals surface area contributed by atoms with E-state index < -0.39 is 8.32 Å². The summed E-state index contributed by atoms with van der Waals surface area (Å²) in [5, 5.41) is 2.69. The van der Waals surface area contributed by atoms with Gasteiger partial charge in [0, 0.05) is 12.7 Å². The van der Waals surface area contributed by atoms with Crippen LogP contribution in [0.1, 0.15) is 64.5 Å². The van der Waals surface area contributed by atoms with Gasteiger partial charge in [0.1, 0.15) is 0 Å². The van der Waals surface area contributed by atoms with Crippen LogP contribution in [0.4, 0.5) is 0 Å². The highest BCUT2D eigenvalue weighted by molar-refractivity contribution is 6.99. The normalized spacial score (nSPS) is 12.1. The number of carbonyl (C=O) groups excluding carboxylic acids is 1. The average Bonchev–Trinajstić information content (AvgIpc) is 2.92. The Balaban J connectivity index is 1.58. The molecule has 202 valence electrons. The van der Waals surface area contributed by atoms with E-state index in [1.54, 1.807) is 0 Å². The lowest BCUT2D eigenvalue weighted by Gasteiger charge is -2.43. The minimum absolute atomic E-state index is 0.0103. The maximum absolute atomic E-state index is 11.5. The molecule has 0 N–H and O–H groups in total. The van der Waals surface area contributed by atoms with Gasteiger partial charge in [-0.3, -0.25) is 0 Å². The number of aryl methyl sites for hydroxylation is 2. The van der Waals surface area contributed by atoms with Gasteiger partial charge in [-0.2, -0.15) is 0 Å². The van der Waals surface area contributed by atoms with Crippen molar-refractivity contribution in [2.24, 2.45) is 0 Å². The van der Waals surface area contributed by atoms with Crippen LogP contribution >= 0.6 is 0 Å². The highest BCUT2D eigenvalue weighted by Crippen LogP contribution is 2.36. The number of benzene rings is 3. The largest absolute Gasteiger partial charge is 0.463 e. The van der Waals surface area contributed by atoms with E-state index in [-0.39, 0.29) is 11.0 Å². The van der Waals surface area contributed by atoms with Gasteiger partial charge in [0.05, 0.1) is 6.61 Å². The Morgan fingerprint density at radius 3 is 1.87 bits per heavy atom. The molecule has 3 aromatic rings. The van der Waals surface area contributed by atoms with E-state index in [9.17, 15) is 4.79 Å². The lowest BCUT2D eigenvalue weighted by Crippen LogP contribution is -2.66. The van der Waals surface area contributed by atoms with Crippen molar-refractivity contribution in [1.82, 2.24) is 0 Å². The molecule has 0 saturated heterocycles. The molecule has 3 rings (SSSR count). The summed E-state index contributed by atoms with van der Waals surface area (Å²) >= 11 is 0. The number of unbranched alkanes of at least 4 members (excludes halogenated alkanes) is 2. The second-order valence-electron chi connectivity index (χ2n) is 10.8. The summed E-state index contributed by atoms with van der Waals surface area (Å²) in [4.78, 5) is 11.5. The third-order valence-electron chi connectivity index (χ3n) is 7.07. The highest BCUT2D eigenvalue weighted by Gasteiger charge is 2.49. The summed E-state index contributed by atoms with van der Waals surface area (Å²) < 4.78 is 12.0. The van der Waals surface area contributed by atoms with Crippen molar-refractivity contribution in [3.05, 3.63) is 108 Å². The van der Waals surface area contributed by atoms with Gasteiger partial charge in [-0.15, -0.1) is 0 Å². The number of ether oxygens (including phenoxy) is 1. The van der Waals surface area contributed by atoms with Gasteiger partial charge in [0.15, 0.2) is 0 Å². The molecule has 0 aliphatic rings. The van der Waals surface area contributed by atoms with E-state index in [0.717, 1.165) is 45.1 Å². The molecule has 0 bridgehead atoms. The quantitative estimate of drug-likeness (QED) is 0.0975. The summed E-state index contributed by atoms with van der Waals surface area (Å²) in [5.41, 5.74) is 2.77. The second kappa shape index (κ2) is 14.8. The molecule has 0 unspecified atom stereocenters. The Morgan fingerprint density at radius 1 is 0.763 bits per heavy atom. The molecular formula is C34H44O3Si. The predicted octanol–water partition coefficient (Wildman–Crippen LogP) is 7.03. The zero-order valence-electron chi connectivity index (χ0n) is 23.6. The molecule has 0 atom stereocenters. The van der Waals surface area contributed by atoms with Crippen LogP contribution in [0.5, 0.6) is 0 Å². The zero-order chi connectivity index (χ0) is 27.3. The topological polar surface area (TPSA) is 35.5 Å². The summed E-state index contributed by atoms with van der Waals surface area (Å²) in [6.45, 7) is 10.0. The van der Waals surface area contributed by atoms with E-state index in [1.165, 1.54) is 27.6 Å². The first-order valence-electron chi connectivity index (χ1n) is 14.0. The summed E-state index contributed by atoms with van der Waals surface area (Å²) in [7, 11) is -2.45. The number of rotatable bonds is 14. The standard InChI is InChI=1S/C34H44O3Si/c1-5-36-33(35)27-17-16-22-30-21-15-14-20-29(30)19-9-8-18-28-37-38(34(2,3)4,31-23-10-6-11-24-31)32-25-12-7-13-26-32/h6-7,10-15,17,20-21,23-27H,5,8-9,16,18-19,22,28H2,1-4H3/b27-17+. The fraction of sp³-hybridized carbons (Fsp3) is 0.382. The van der Waals surface area contributed by atoms with Crippen LogP contribution in [-0.4, -0.2) is 27.5 Å². The van der Waals surface area contributed by atoms with Gasteiger partial charge in [0.25, 0.3) is 8.32 Å². The summed E-state index contributed by atoms with van der Waals surface area (Å²) in [5.74, 6) is -0.263. The Labute approximate surface area is 231 Å². The average molecular weight is 529 g/mol. The Hall–Kier alpha value is -2.95. The van der Waals surface area contributed by atoms with Crippen LogP contribution < -0.4 is 10.4 Å². The first-order chi connectivity index (χ1) is 18.4. The van der Waals surface area contributed by atoms with Crippen molar-refractivity contribution >= 4 is 24.7 Å². The van der Waals surface area contributed by atoms with Crippen molar-refractivity contribution in [3.8, 4) is 0 Å². The van der Waals surface area contributed by atoms with Gasteiger partial charge >= 0.3 is 5.97 Å². The van der Waals surface area contributed by atoms with Crippen LogP contribution in [-0.2, 0) is 26.8 Å². The van der Waals surface area contributed by atoms with Crippen molar-refractivity contribution in [3.63, 3.8) is 0 Å². The fourth-order valence-electron chi connectivity index (χ4n) is 5.24. The second-order valence-corrected chi connectivity index (χ2v) is 15.1. The molecule has 0 amide bonds. The van der Waals surface area contributed by atoms with Gasteiger partial charge in [-0.25, -0.2) is 4.79 Å². The van der Waals surface area contributed by atoms with Crippen LogP contribution in [0.3, 0.4) is 0 Å². The van der Waals surface area contributed by atoms with Crippen LogP contribution in [0.15, 0.2) is 97.1 Å². The van der Waals surface area contributed by atoms with E-state index in [1.807, 2.05) is 13.0 Å². The summed E-state index contributed by atoms with van der Waals surface area (Å²) in [6.07, 6.45) is 9.61.